The van der Waals surface area contributed by atoms with E-state index >= 15 is 0 Å². The minimum absolute atomic E-state index is 0.455. The molecule has 4 rings (SSSR count). The number of hydrogen-bond donors (Lipinski definition) is 1. The van der Waals surface area contributed by atoms with Crippen LogP contribution in [0.5, 0.6) is 0 Å². The van der Waals surface area contributed by atoms with Gasteiger partial charge in [0.1, 0.15) is 0 Å². The Morgan fingerprint density at radius 2 is 1.65 bits per heavy atom. The van der Waals surface area contributed by atoms with Gasteiger partial charge in [0.25, 0.3) is 0 Å². The van der Waals surface area contributed by atoms with Gasteiger partial charge >= 0.3 is 0 Å². The van der Waals surface area contributed by atoms with E-state index in [9.17, 15) is 0 Å². The topological polar surface area (TPSA) is 38.5 Å². The van der Waals surface area contributed by atoms with Crippen molar-refractivity contribution in [3.63, 3.8) is 0 Å². The molecule has 0 radical (unpaired) electrons. The van der Waals surface area contributed by atoms with E-state index in [1.54, 1.807) is 0 Å². The maximum Gasteiger partial charge on any atom is 0.0930 e. The summed E-state index contributed by atoms with van der Waals surface area (Å²) in [6.45, 7) is 4.32. The maximum absolute atomic E-state index is 5.09. The molecule has 3 heterocycles. The van der Waals surface area contributed by atoms with E-state index in [4.69, 9.17) is 5.90 Å². The number of nitrogens with two attached hydrogens (primary N) is 1. The molecule has 3 saturated heterocycles. The predicted octanol–water partition coefficient (Wildman–Crippen LogP) is 1.81. The lowest BCUT2D eigenvalue weighted by atomic mass is 9.67. The van der Waals surface area contributed by atoms with E-state index in [0.29, 0.717) is 12.0 Å². The second kappa shape index (κ2) is 4.41. The fraction of sp³-hybridized carbons (Fsp3) is 0.571. The van der Waals surface area contributed by atoms with Gasteiger partial charge in [-0.2, -0.15) is 0 Å². The van der Waals surface area contributed by atoms with Crippen LogP contribution < -0.4 is 5.90 Å². The van der Waals surface area contributed by atoms with Crippen LogP contribution in [0.1, 0.15) is 30.4 Å². The van der Waals surface area contributed by atoms with Crippen molar-refractivity contribution in [2.24, 2.45) is 5.90 Å². The largest absolute Gasteiger partial charge is 0.303 e. The fourth-order valence-corrected chi connectivity index (χ4v) is 3.31. The highest BCUT2D eigenvalue weighted by atomic mass is 16.6. The molecule has 0 aromatic heterocycles. The molecule has 2 N–H and O–H groups in total. The van der Waals surface area contributed by atoms with E-state index in [1.165, 1.54) is 44.5 Å². The second-order valence-electron chi connectivity index (χ2n) is 5.38. The minimum Gasteiger partial charge on any atom is -0.303 e. The Morgan fingerprint density at radius 1 is 1.06 bits per heavy atom. The summed E-state index contributed by atoms with van der Waals surface area (Å²) in [5, 5.41) is 0. The molecule has 1 aromatic carbocycles. The Morgan fingerprint density at radius 3 is 2.18 bits per heavy atom. The van der Waals surface area contributed by atoms with Crippen LogP contribution in [0.3, 0.4) is 0 Å². The van der Waals surface area contributed by atoms with E-state index in [-0.39, 0.29) is 0 Å². The predicted molar refractivity (Wildman–Crippen MR) is 67.4 cm³/mol. The van der Waals surface area contributed by atoms with Gasteiger partial charge in [-0.1, -0.05) is 24.3 Å². The molecule has 0 atom stereocenters. The molecule has 2 bridgehead atoms. The minimum atomic E-state index is 0.455. The zero-order chi connectivity index (χ0) is 11.7. The van der Waals surface area contributed by atoms with Gasteiger partial charge in [0.2, 0.25) is 0 Å². The first-order valence-corrected chi connectivity index (χ1v) is 6.46. The van der Waals surface area contributed by atoms with Gasteiger partial charge in [-0.3, -0.25) is 4.84 Å². The van der Waals surface area contributed by atoms with Gasteiger partial charge < -0.3 is 4.90 Å². The summed E-state index contributed by atoms with van der Waals surface area (Å²) >= 11 is 0. The fourth-order valence-electron chi connectivity index (χ4n) is 3.31. The van der Waals surface area contributed by atoms with E-state index in [0.717, 1.165) is 5.56 Å². The van der Waals surface area contributed by atoms with E-state index < -0.39 is 0 Å². The van der Waals surface area contributed by atoms with Crippen molar-refractivity contribution in [2.75, 3.05) is 19.6 Å². The summed E-state index contributed by atoms with van der Waals surface area (Å²) in [4.78, 5) is 7.25. The van der Waals surface area contributed by atoms with Crippen LogP contribution in [-0.2, 0) is 16.9 Å². The zero-order valence-electron chi connectivity index (χ0n) is 10.2. The standard InChI is InChI=1S/C14H20N2O/c15-17-11-12-1-3-13(4-2-12)14-5-8-16(9-6-14)10-7-14/h1-4H,5-11,15H2. The number of benzene rings is 1. The molecule has 3 aliphatic heterocycles. The molecule has 0 spiro atoms. The van der Waals surface area contributed by atoms with Crippen LogP contribution in [-0.4, -0.2) is 24.5 Å². The van der Waals surface area contributed by atoms with E-state index in [1.807, 2.05) is 0 Å². The van der Waals surface area contributed by atoms with Crippen LogP contribution in [0.25, 0.3) is 0 Å². The number of hydrogen-bond acceptors (Lipinski definition) is 3. The summed E-state index contributed by atoms with van der Waals surface area (Å²) < 4.78 is 0. The van der Waals surface area contributed by atoms with E-state index in [2.05, 4.69) is 34.0 Å². The molecule has 3 heteroatoms. The van der Waals surface area contributed by atoms with Crippen LogP contribution in [0.15, 0.2) is 24.3 Å². The molecule has 3 fully saturated rings. The van der Waals surface area contributed by atoms with Gasteiger partial charge in [0.05, 0.1) is 6.61 Å². The number of rotatable bonds is 3. The summed E-state index contributed by atoms with van der Waals surface area (Å²) in [5.74, 6) is 5.09. The van der Waals surface area contributed by atoms with Crippen molar-refractivity contribution in [3.05, 3.63) is 35.4 Å². The average molecular weight is 232 g/mol. The summed E-state index contributed by atoms with van der Waals surface area (Å²) in [6.07, 6.45) is 3.96. The Labute approximate surface area is 103 Å². The van der Waals surface area contributed by atoms with Crippen LogP contribution in [0.2, 0.25) is 0 Å². The highest BCUT2D eigenvalue weighted by Crippen LogP contribution is 2.42. The third kappa shape index (κ3) is 1.99. The zero-order valence-corrected chi connectivity index (χ0v) is 10.2. The molecule has 0 amide bonds. The lowest BCUT2D eigenvalue weighted by molar-refractivity contribution is 0.0817. The summed E-state index contributed by atoms with van der Waals surface area (Å²) in [5.41, 5.74) is 3.12. The number of fused-ring (bicyclic) bond motifs is 3. The third-order valence-corrected chi connectivity index (χ3v) is 4.54. The normalized spacial score (nSPS) is 31.7. The highest BCUT2D eigenvalue weighted by molar-refractivity contribution is 5.30. The highest BCUT2D eigenvalue weighted by Gasteiger charge is 2.40. The Bertz CT molecular complexity index is 366. The Kier molecular flexibility index (Phi) is 2.90. The first-order valence-electron chi connectivity index (χ1n) is 6.46. The van der Waals surface area contributed by atoms with Crippen molar-refractivity contribution in [3.8, 4) is 0 Å². The first kappa shape index (κ1) is 11.2. The summed E-state index contributed by atoms with van der Waals surface area (Å²) in [6, 6.07) is 8.85. The molecular weight excluding hydrogens is 212 g/mol. The SMILES string of the molecule is NOCc1ccc(C23CCN(CC2)CC3)cc1. The number of nitrogens with zero attached hydrogens (tertiary/aromatic N) is 1. The molecule has 1 aromatic rings. The lowest BCUT2D eigenvalue weighted by Gasteiger charge is -2.48. The van der Waals surface area contributed by atoms with Crippen molar-refractivity contribution in [2.45, 2.75) is 31.3 Å². The second-order valence-corrected chi connectivity index (χ2v) is 5.38. The monoisotopic (exact) mass is 232 g/mol. The molecule has 3 aliphatic rings. The van der Waals surface area contributed by atoms with Gasteiger partial charge in [-0.25, -0.2) is 5.90 Å². The van der Waals surface area contributed by atoms with Crippen molar-refractivity contribution < 1.29 is 4.84 Å². The van der Waals surface area contributed by atoms with Gasteiger partial charge in [-0.15, -0.1) is 0 Å². The van der Waals surface area contributed by atoms with Gasteiger partial charge in [0.15, 0.2) is 0 Å². The average Bonchev–Trinajstić information content (AvgIpc) is 2.42. The van der Waals surface area contributed by atoms with Crippen molar-refractivity contribution in [1.29, 1.82) is 0 Å². The molecular formula is C14H20N2O. The van der Waals surface area contributed by atoms with Crippen LogP contribution >= 0.6 is 0 Å². The van der Waals surface area contributed by atoms with Crippen LogP contribution in [0, 0.1) is 0 Å². The molecule has 0 aliphatic carbocycles. The summed E-state index contributed by atoms with van der Waals surface area (Å²) in [7, 11) is 0. The molecule has 92 valence electrons. The van der Waals surface area contributed by atoms with Crippen LogP contribution in [0.4, 0.5) is 0 Å². The quantitative estimate of drug-likeness (QED) is 0.808. The third-order valence-electron chi connectivity index (χ3n) is 4.54. The van der Waals surface area contributed by atoms with Gasteiger partial charge in [0, 0.05) is 0 Å². The Balaban J connectivity index is 1.82. The lowest BCUT2D eigenvalue weighted by Crippen LogP contribution is -2.50. The van der Waals surface area contributed by atoms with Crippen molar-refractivity contribution in [1.82, 2.24) is 4.90 Å². The first-order chi connectivity index (χ1) is 8.32. The smallest absolute Gasteiger partial charge is 0.0930 e. The van der Waals surface area contributed by atoms with Crippen molar-refractivity contribution >= 4 is 0 Å². The maximum atomic E-state index is 5.09. The number of piperidine rings is 3. The molecule has 0 unspecified atom stereocenters. The molecule has 3 nitrogen and oxygen atoms in total. The molecule has 0 saturated carbocycles. The van der Waals surface area contributed by atoms with Gasteiger partial charge in [-0.05, 0) is 55.4 Å². The Hall–Kier alpha value is -0.900. The molecule has 17 heavy (non-hydrogen) atoms.